The van der Waals surface area contributed by atoms with Crippen molar-refractivity contribution in [3.05, 3.63) is 29.3 Å². The van der Waals surface area contributed by atoms with Crippen LogP contribution in [0.25, 0.3) is 0 Å². The molecule has 0 aromatic heterocycles. The van der Waals surface area contributed by atoms with E-state index in [0.717, 1.165) is 6.54 Å². The van der Waals surface area contributed by atoms with Gasteiger partial charge in [0.2, 0.25) is 0 Å². The van der Waals surface area contributed by atoms with E-state index >= 15 is 0 Å². The van der Waals surface area contributed by atoms with E-state index in [1.807, 2.05) is 0 Å². The van der Waals surface area contributed by atoms with E-state index in [-0.39, 0.29) is 0 Å². The fourth-order valence-electron chi connectivity index (χ4n) is 3.04. The molecule has 2 heteroatoms. The first-order chi connectivity index (χ1) is 7.24. The fourth-order valence-corrected chi connectivity index (χ4v) is 3.04. The summed E-state index contributed by atoms with van der Waals surface area (Å²) >= 11 is 0. The van der Waals surface area contributed by atoms with Gasteiger partial charge < -0.3 is 10.6 Å². The molecule has 0 radical (unpaired) electrons. The minimum absolute atomic E-state index is 0.377. The molecule has 3 rings (SSSR count). The highest BCUT2D eigenvalue weighted by Gasteiger charge is 2.33. The monoisotopic (exact) mass is 202 g/mol. The van der Waals surface area contributed by atoms with E-state index in [1.165, 1.54) is 36.1 Å². The summed E-state index contributed by atoms with van der Waals surface area (Å²) in [6.45, 7) is 3.21. The summed E-state index contributed by atoms with van der Waals surface area (Å²) in [6, 6.07) is 7.90. The number of nitrogens with zero attached hydrogens (tertiary/aromatic N) is 1. The second-order valence-electron chi connectivity index (χ2n) is 4.97. The van der Waals surface area contributed by atoms with Crippen LogP contribution in [0.3, 0.4) is 0 Å². The van der Waals surface area contributed by atoms with Crippen molar-refractivity contribution < 1.29 is 0 Å². The summed E-state index contributed by atoms with van der Waals surface area (Å²) in [4.78, 5) is 2.52. The van der Waals surface area contributed by atoms with Crippen LogP contribution in [0.4, 0.5) is 5.69 Å². The Bertz CT molecular complexity index is 386. The number of rotatable bonds is 0. The van der Waals surface area contributed by atoms with Crippen molar-refractivity contribution >= 4 is 5.69 Å². The average molecular weight is 202 g/mol. The molecular weight excluding hydrogens is 184 g/mol. The molecule has 1 aromatic rings. The zero-order valence-electron chi connectivity index (χ0n) is 9.24. The normalized spacial score (nSPS) is 28.8. The Morgan fingerprint density at radius 2 is 2.27 bits per heavy atom. The lowest BCUT2D eigenvalue weighted by Gasteiger charge is -2.33. The fraction of sp³-hybridized carbons (Fsp3) is 0.538. The van der Waals surface area contributed by atoms with Gasteiger partial charge in [0.25, 0.3) is 0 Å². The summed E-state index contributed by atoms with van der Waals surface area (Å²) in [6.07, 6.45) is 3.68. The molecule has 2 nitrogen and oxygen atoms in total. The number of hydrogen-bond donors (Lipinski definition) is 1. The summed E-state index contributed by atoms with van der Waals surface area (Å²) in [7, 11) is 0. The molecule has 0 bridgehead atoms. The predicted molar refractivity (Wildman–Crippen MR) is 63.2 cm³/mol. The quantitative estimate of drug-likeness (QED) is 0.695. The molecule has 2 aliphatic heterocycles. The molecule has 2 N–H and O–H groups in total. The third-order valence-corrected chi connectivity index (χ3v) is 3.74. The van der Waals surface area contributed by atoms with Crippen LogP contribution in [0.2, 0.25) is 0 Å². The SMILES string of the molecule is Cc1ccc2c(c1)CCC1CC(N)CN21. The molecule has 80 valence electrons. The molecule has 0 aliphatic carbocycles. The Labute approximate surface area is 91.1 Å². The maximum absolute atomic E-state index is 6.04. The lowest BCUT2D eigenvalue weighted by Crippen LogP contribution is -2.34. The van der Waals surface area contributed by atoms with Crippen molar-refractivity contribution in [2.75, 3.05) is 11.4 Å². The van der Waals surface area contributed by atoms with E-state index in [0.29, 0.717) is 12.1 Å². The van der Waals surface area contributed by atoms with Crippen LogP contribution in [0.1, 0.15) is 24.0 Å². The molecule has 1 fully saturated rings. The number of benzene rings is 1. The second-order valence-corrected chi connectivity index (χ2v) is 4.97. The Balaban J connectivity index is 2.01. The van der Waals surface area contributed by atoms with E-state index in [9.17, 15) is 0 Å². The molecule has 1 saturated heterocycles. The van der Waals surface area contributed by atoms with Gasteiger partial charge in [0.1, 0.15) is 0 Å². The third-order valence-electron chi connectivity index (χ3n) is 3.74. The van der Waals surface area contributed by atoms with Crippen LogP contribution in [0.15, 0.2) is 18.2 Å². The first-order valence-electron chi connectivity index (χ1n) is 5.86. The standard InChI is InChI=1S/C13H18N2/c1-9-2-5-13-10(6-9)3-4-12-7-11(14)8-15(12)13/h2,5-6,11-12H,3-4,7-8,14H2,1H3. The van der Waals surface area contributed by atoms with Crippen molar-refractivity contribution in [3.63, 3.8) is 0 Å². The number of nitrogens with two attached hydrogens (primary N) is 1. The first kappa shape index (κ1) is 9.22. The van der Waals surface area contributed by atoms with Crippen molar-refractivity contribution in [2.24, 2.45) is 5.73 Å². The number of anilines is 1. The lowest BCUT2D eigenvalue weighted by molar-refractivity contribution is 0.575. The smallest absolute Gasteiger partial charge is 0.0402 e. The molecule has 1 aromatic carbocycles. The van der Waals surface area contributed by atoms with Crippen LogP contribution in [0.5, 0.6) is 0 Å². The van der Waals surface area contributed by atoms with Crippen LogP contribution in [-0.2, 0) is 6.42 Å². The number of fused-ring (bicyclic) bond motifs is 3. The number of hydrogen-bond acceptors (Lipinski definition) is 2. The van der Waals surface area contributed by atoms with Crippen molar-refractivity contribution in [3.8, 4) is 0 Å². The zero-order valence-corrected chi connectivity index (χ0v) is 9.24. The van der Waals surface area contributed by atoms with Gasteiger partial charge in [-0.05, 0) is 37.8 Å². The van der Waals surface area contributed by atoms with E-state index in [2.05, 4.69) is 30.0 Å². The van der Waals surface area contributed by atoms with Gasteiger partial charge in [-0.25, -0.2) is 0 Å². The Morgan fingerprint density at radius 3 is 3.13 bits per heavy atom. The number of aryl methyl sites for hydroxylation is 2. The van der Waals surface area contributed by atoms with E-state index < -0.39 is 0 Å². The maximum atomic E-state index is 6.04. The molecule has 0 amide bonds. The van der Waals surface area contributed by atoms with Crippen molar-refractivity contribution in [1.82, 2.24) is 0 Å². The minimum atomic E-state index is 0.377. The van der Waals surface area contributed by atoms with Gasteiger partial charge in [0.15, 0.2) is 0 Å². The molecular formula is C13H18N2. The van der Waals surface area contributed by atoms with Gasteiger partial charge in [0.05, 0.1) is 0 Å². The van der Waals surface area contributed by atoms with E-state index in [4.69, 9.17) is 5.73 Å². The highest BCUT2D eigenvalue weighted by atomic mass is 15.2. The molecule has 0 spiro atoms. The van der Waals surface area contributed by atoms with Gasteiger partial charge in [-0.15, -0.1) is 0 Å². The van der Waals surface area contributed by atoms with Crippen molar-refractivity contribution in [1.29, 1.82) is 0 Å². The maximum Gasteiger partial charge on any atom is 0.0402 e. The second kappa shape index (κ2) is 3.24. The third kappa shape index (κ3) is 1.44. The molecule has 2 heterocycles. The Morgan fingerprint density at radius 1 is 1.40 bits per heavy atom. The van der Waals surface area contributed by atoms with Gasteiger partial charge >= 0.3 is 0 Å². The Hall–Kier alpha value is -1.02. The van der Waals surface area contributed by atoms with Crippen LogP contribution in [-0.4, -0.2) is 18.6 Å². The molecule has 2 atom stereocenters. The minimum Gasteiger partial charge on any atom is -0.367 e. The van der Waals surface area contributed by atoms with Gasteiger partial charge in [-0.2, -0.15) is 0 Å². The molecule has 0 saturated carbocycles. The Kier molecular flexibility index (Phi) is 1.99. The summed E-state index contributed by atoms with van der Waals surface area (Å²) in [5.41, 5.74) is 10.4. The summed E-state index contributed by atoms with van der Waals surface area (Å²) in [5.74, 6) is 0. The summed E-state index contributed by atoms with van der Waals surface area (Å²) < 4.78 is 0. The van der Waals surface area contributed by atoms with Gasteiger partial charge in [-0.3, -0.25) is 0 Å². The largest absolute Gasteiger partial charge is 0.367 e. The topological polar surface area (TPSA) is 29.3 Å². The lowest BCUT2D eigenvalue weighted by atomic mass is 9.95. The molecule has 2 aliphatic rings. The van der Waals surface area contributed by atoms with Gasteiger partial charge in [0, 0.05) is 24.3 Å². The van der Waals surface area contributed by atoms with Crippen LogP contribution >= 0.6 is 0 Å². The highest BCUT2D eigenvalue weighted by Crippen LogP contribution is 2.36. The zero-order chi connectivity index (χ0) is 10.4. The van der Waals surface area contributed by atoms with Crippen LogP contribution < -0.4 is 10.6 Å². The highest BCUT2D eigenvalue weighted by molar-refractivity contribution is 5.58. The van der Waals surface area contributed by atoms with Crippen LogP contribution in [0, 0.1) is 6.92 Å². The van der Waals surface area contributed by atoms with Crippen molar-refractivity contribution in [2.45, 2.75) is 38.3 Å². The molecule has 15 heavy (non-hydrogen) atoms. The predicted octanol–water partition coefficient (Wildman–Crippen LogP) is 1.85. The molecule has 2 unspecified atom stereocenters. The average Bonchev–Trinajstić information content (AvgIpc) is 2.58. The first-order valence-corrected chi connectivity index (χ1v) is 5.86. The summed E-state index contributed by atoms with van der Waals surface area (Å²) in [5, 5.41) is 0. The van der Waals surface area contributed by atoms with Gasteiger partial charge in [-0.1, -0.05) is 17.7 Å². The van der Waals surface area contributed by atoms with E-state index in [1.54, 1.807) is 0 Å².